The Kier molecular flexibility index (Phi) is 6.58. The Morgan fingerprint density at radius 1 is 1.15 bits per heavy atom. The Bertz CT molecular complexity index is 451. The largest absolute Gasteiger partial charge is 0.433 e. The van der Waals surface area contributed by atoms with Crippen LogP contribution in [-0.4, -0.2) is 29.8 Å². The van der Waals surface area contributed by atoms with Crippen LogP contribution in [0.25, 0.3) is 0 Å². The minimum absolute atomic E-state index is 0.117. The molecule has 0 aliphatic heterocycles. The van der Waals surface area contributed by atoms with Crippen molar-refractivity contribution in [1.29, 1.82) is 0 Å². The van der Waals surface area contributed by atoms with E-state index in [4.69, 9.17) is 14.2 Å². The highest BCUT2D eigenvalue weighted by Gasteiger charge is 2.40. The average molecular weight is 282 g/mol. The molecular weight excluding hydrogens is 264 g/mol. The number of esters is 2. The summed E-state index contributed by atoms with van der Waals surface area (Å²) in [6.07, 6.45) is 0.688. The van der Waals surface area contributed by atoms with Gasteiger partial charge < -0.3 is 9.47 Å². The van der Waals surface area contributed by atoms with Gasteiger partial charge in [-0.25, -0.2) is 9.59 Å². The molecule has 0 saturated carbocycles. The Labute approximate surface area is 117 Å². The van der Waals surface area contributed by atoms with Gasteiger partial charge in [-0.3, -0.25) is 9.53 Å². The van der Waals surface area contributed by atoms with Gasteiger partial charge in [0.2, 0.25) is 12.1 Å². The average Bonchev–Trinajstić information content (AvgIpc) is 2.36. The third kappa shape index (κ3) is 5.19. The summed E-state index contributed by atoms with van der Waals surface area (Å²) in [5, 5.41) is 0. The van der Waals surface area contributed by atoms with Crippen LogP contribution in [0.3, 0.4) is 0 Å². The van der Waals surface area contributed by atoms with Crippen molar-refractivity contribution in [2.45, 2.75) is 32.8 Å². The first-order valence-electron chi connectivity index (χ1n) is 5.73. The molecule has 6 heteroatoms. The number of Topliss-reactive ketones (excluding diaryl/α,β-unsaturated/α-hetero) is 1. The highest BCUT2D eigenvalue weighted by atomic mass is 16.8. The van der Waals surface area contributed by atoms with E-state index < -0.39 is 29.8 Å². The molecular formula is C14H18O6. The molecule has 0 N–H and O–H groups in total. The van der Waals surface area contributed by atoms with E-state index in [1.807, 2.05) is 0 Å². The molecule has 0 amide bonds. The molecule has 6 nitrogen and oxygen atoms in total. The van der Waals surface area contributed by atoms with E-state index in [9.17, 15) is 14.4 Å². The van der Waals surface area contributed by atoms with Crippen molar-refractivity contribution in [3.8, 4) is 0 Å². The molecule has 0 aromatic rings. The standard InChI is InChI=1S/C14H18O6/c1-7-11(15)18-10(5)19-14(6,13(17)9(3)4)20-12(16)8-2/h7-8,10H,1-3H2,4-6H3. The first-order valence-corrected chi connectivity index (χ1v) is 5.73. The van der Waals surface area contributed by atoms with Crippen molar-refractivity contribution in [2.75, 3.05) is 0 Å². The maximum absolute atomic E-state index is 12.0. The number of rotatable bonds is 8. The highest BCUT2D eigenvalue weighted by Crippen LogP contribution is 2.21. The molecule has 0 radical (unpaired) electrons. The lowest BCUT2D eigenvalue weighted by atomic mass is 10.1. The first-order chi connectivity index (χ1) is 9.16. The van der Waals surface area contributed by atoms with E-state index in [0.29, 0.717) is 0 Å². The molecule has 0 aromatic heterocycles. The van der Waals surface area contributed by atoms with Gasteiger partial charge in [-0.15, -0.1) is 0 Å². The molecule has 0 aromatic carbocycles. The predicted octanol–water partition coefficient (Wildman–Crippen LogP) is 1.67. The van der Waals surface area contributed by atoms with Crippen molar-refractivity contribution in [2.24, 2.45) is 0 Å². The fourth-order valence-corrected chi connectivity index (χ4v) is 1.30. The van der Waals surface area contributed by atoms with Crippen molar-refractivity contribution >= 4 is 17.7 Å². The maximum atomic E-state index is 12.0. The topological polar surface area (TPSA) is 78.9 Å². The quantitative estimate of drug-likeness (QED) is 0.383. The van der Waals surface area contributed by atoms with Crippen LogP contribution in [0, 0.1) is 0 Å². The number of carbonyl (C=O) groups excluding carboxylic acids is 3. The molecule has 0 fully saturated rings. The van der Waals surface area contributed by atoms with Gasteiger partial charge in [0, 0.05) is 19.1 Å². The van der Waals surface area contributed by atoms with E-state index in [1.165, 1.54) is 20.8 Å². The Balaban J connectivity index is 5.12. The van der Waals surface area contributed by atoms with Gasteiger partial charge in [0.1, 0.15) is 0 Å². The second-order valence-corrected chi connectivity index (χ2v) is 4.01. The summed E-state index contributed by atoms with van der Waals surface area (Å²) >= 11 is 0. The summed E-state index contributed by atoms with van der Waals surface area (Å²) in [6.45, 7) is 14.0. The Hall–Kier alpha value is -2.21. The Morgan fingerprint density at radius 2 is 1.65 bits per heavy atom. The monoisotopic (exact) mass is 282 g/mol. The van der Waals surface area contributed by atoms with Crippen LogP contribution in [-0.2, 0) is 28.6 Å². The van der Waals surface area contributed by atoms with Gasteiger partial charge in [-0.05, 0) is 19.4 Å². The minimum Gasteiger partial charge on any atom is -0.433 e. The van der Waals surface area contributed by atoms with Gasteiger partial charge in [0.15, 0.2) is 0 Å². The van der Waals surface area contributed by atoms with Crippen molar-refractivity contribution < 1.29 is 28.6 Å². The fraction of sp³-hybridized carbons (Fsp3) is 0.357. The summed E-state index contributed by atoms with van der Waals surface area (Å²) in [4.78, 5) is 34.3. The lowest BCUT2D eigenvalue weighted by Gasteiger charge is -2.30. The summed E-state index contributed by atoms with van der Waals surface area (Å²) in [5.74, 6) is -4.21. The van der Waals surface area contributed by atoms with Crippen molar-refractivity contribution in [3.05, 3.63) is 37.5 Å². The lowest BCUT2D eigenvalue weighted by molar-refractivity contribution is -0.263. The van der Waals surface area contributed by atoms with E-state index in [0.717, 1.165) is 12.2 Å². The molecule has 0 rings (SSSR count). The van der Waals surface area contributed by atoms with Crippen LogP contribution in [0.5, 0.6) is 0 Å². The number of ether oxygens (including phenoxy) is 3. The van der Waals surface area contributed by atoms with E-state index in [-0.39, 0.29) is 5.57 Å². The van der Waals surface area contributed by atoms with Crippen molar-refractivity contribution in [1.82, 2.24) is 0 Å². The predicted molar refractivity (Wildman–Crippen MR) is 71.4 cm³/mol. The molecule has 0 saturated heterocycles. The molecule has 20 heavy (non-hydrogen) atoms. The zero-order valence-electron chi connectivity index (χ0n) is 11.8. The number of ketones is 1. The van der Waals surface area contributed by atoms with Crippen LogP contribution >= 0.6 is 0 Å². The van der Waals surface area contributed by atoms with E-state index in [2.05, 4.69) is 19.7 Å². The van der Waals surface area contributed by atoms with E-state index >= 15 is 0 Å². The first kappa shape index (κ1) is 17.8. The van der Waals surface area contributed by atoms with Crippen LogP contribution in [0.4, 0.5) is 0 Å². The molecule has 0 spiro atoms. The Morgan fingerprint density at radius 3 is 2.05 bits per heavy atom. The molecule has 2 unspecified atom stereocenters. The molecule has 2 atom stereocenters. The zero-order valence-corrected chi connectivity index (χ0v) is 11.8. The number of hydrogen-bond acceptors (Lipinski definition) is 6. The molecule has 110 valence electrons. The number of carbonyl (C=O) groups is 3. The SMILES string of the molecule is C=CC(=O)OC(C)OC(C)(OC(=O)C=C)C(=O)C(=C)C. The normalized spacial score (nSPS) is 14.3. The second kappa shape index (κ2) is 7.40. The zero-order chi connectivity index (χ0) is 15.9. The third-order valence-electron chi connectivity index (χ3n) is 2.10. The molecule has 0 bridgehead atoms. The van der Waals surface area contributed by atoms with Crippen LogP contribution in [0.2, 0.25) is 0 Å². The van der Waals surface area contributed by atoms with Crippen LogP contribution in [0.1, 0.15) is 20.8 Å². The summed E-state index contributed by atoms with van der Waals surface area (Å²) in [5.41, 5.74) is 0.117. The molecule has 0 heterocycles. The van der Waals surface area contributed by atoms with E-state index in [1.54, 1.807) is 0 Å². The smallest absolute Gasteiger partial charge is 0.333 e. The second-order valence-electron chi connectivity index (χ2n) is 4.01. The van der Waals surface area contributed by atoms with Crippen LogP contribution in [0.15, 0.2) is 37.5 Å². The van der Waals surface area contributed by atoms with Gasteiger partial charge >= 0.3 is 11.9 Å². The summed E-state index contributed by atoms with van der Waals surface area (Å²) in [7, 11) is 0. The number of hydrogen-bond donors (Lipinski definition) is 0. The van der Waals surface area contributed by atoms with Gasteiger partial charge in [-0.2, -0.15) is 0 Å². The lowest BCUT2D eigenvalue weighted by Crippen LogP contribution is -2.46. The highest BCUT2D eigenvalue weighted by molar-refractivity contribution is 6.01. The summed E-state index contributed by atoms with van der Waals surface area (Å²) < 4.78 is 14.9. The van der Waals surface area contributed by atoms with Crippen LogP contribution < -0.4 is 0 Å². The summed E-state index contributed by atoms with van der Waals surface area (Å²) in [6, 6.07) is 0. The van der Waals surface area contributed by atoms with Crippen molar-refractivity contribution in [3.63, 3.8) is 0 Å². The molecule has 0 aliphatic carbocycles. The minimum atomic E-state index is -1.96. The fourth-order valence-electron chi connectivity index (χ4n) is 1.30. The van der Waals surface area contributed by atoms with Gasteiger partial charge in [0.25, 0.3) is 5.79 Å². The van der Waals surface area contributed by atoms with Gasteiger partial charge in [0.05, 0.1) is 0 Å². The molecule has 0 aliphatic rings. The maximum Gasteiger partial charge on any atom is 0.333 e. The van der Waals surface area contributed by atoms with Gasteiger partial charge in [-0.1, -0.05) is 19.7 Å². The third-order valence-corrected chi connectivity index (χ3v) is 2.10.